The van der Waals surface area contributed by atoms with Crippen LogP contribution in [0.25, 0.3) is 0 Å². The maximum Gasteiger partial charge on any atom is 0.265 e. The van der Waals surface area contributed by atoms with E-state index in [0.717, 1.165) is 5.56 Å². The van der Waals surface area contributed by atoms with Crippen LogP contribution in [0.2, 0.25) is 0 Å². The molecule has 2 N–H and O–H groups in total. The average Bonchev–Trinajstić information content (AvgIpc) is 3.24. The Balaban J connectivity index is 2.08. The van der Waals surface area contributed by atoms with E-state index in [-0.39, 0.29) is 19.1 Å². The van der Waals surface area contributed by atoms with Crippen molar-refractivity contribution >= 4 is 81.4 Å². The standard InChI is InChI=1S/C15H14Cl6N2O2/c16-14(17,18)11(22)24-7-13(8-25-12(23)15(19,20)21)6-10(13)9-4-2-1-3-5-9/h1-5,10,22-23H,6-8H2. The Bertz CT molecular complexity index is 612. The van der Waals surface area contributed by atoms with Gasteiger partial charge in [0.05, 0.1) is 13.2 Å². The summed E-state index contributed by atoms with van der Waals surface area (Å²) in [5.74, 6) is -0.862. The number of alkyl halides is 6. The highest BCUT2D eigenvalue weighted by molar-refractivity contribution is 6.76. The minimum Gasteiger partial charge on any atom is -0.477 e. The summed E-state index contributed by atoms with van der Waals surface area (Å²) in [5, 5.41) is 15.3. The minimum absolute atomic E-state index is 0.0758. The molecular formula is C15H14Cl6N2O2. The lowest BCUT2D eigenvalue weighted by atomic mass is 10.0. The van der Waals surface area contributed by atoms with Crippen molar-refractivity contribution in [3.63, 3.8) is 0 Å². The molecule has 1 fully saturated rings. The molecule has 0 amide bonds. The van der Waals surface area contributed by atoms with Crippen molar-refractivity contribution < 1.29 is 9.47 Å². The van der Waals surface area contributed by atoms with Crippen LogP contribution in [-0.4, -0.2) is 32.6 Å². The molecule has 0 radical (unpaired) electrons. The zero-order valence-corrected chi connectivity index (χ0v) is 17.2. The average molecular weight is 467 g/mol. The minimum atomic E-state index is -1.94. The number of benzene rings is 1. The van der Waals surface area contributed by atoms with Crippen molar-refractivity contribution in [2.45, 2.75) is 19.9 Å². The maximum atomic E-state index is 7.67. The van der Waals surface area contributed by atoms with Crippen molar-refractivity contribution in [2.24, 2.45) is 5.41 Å². The van der Waals surface area contributed by atoms with Gasteiger partial charge in [0, 0.05) is 5.41 Å². The van der Waals surface area contributed by atoms with Crippen LogP contribution in [0.5, 0.6) is 0 Å². The Morgan fingerprint density at radius 1 is 0.920 bits per heavy atom. The first-order chi connectivity index (χ1) is 11.5. The van der Waals surface area contributed by atoms with Crippen LogP contribution in [0.4, 0.5) is 0 Å². The van der Waals surface area contributed by atoms with Crippen LogP contribution in [0.3, 0.4) is 0 Å². The summed E-state index contributed by atoms with van der Waals surface area (Å²) in [6, 6.07) is 9.72. The maximum absolute atomic E-state index is 7.67. The van der Waals surface area contributed by atoms with Crippen LogP contribution in [0, 0.1) is 16.2 Å². The Labute approximate surface area is 175 Å². The van der Waals surface area contributed by atoms with Crippen molar-refractivity contribution in [1.82, 2.24) is 0 Å². The molecule has 1 atom stereocenters. The normalized spacial score (nSPS) is 23.0. The number of halogens is 6. The summed E-state index contributed by atoms with van der Waals surface area (Å²) < 4.78 is 6.80. The Hall–Kier alpha value is -0.100. The van der Waals surface area contributed by atoms with E-state index < -0.39 is 24.8 Å². The van der Waals surface area contributed by atoms with Gasteiger partial charge in [-0.3, -0.25) is 10.8 Å². The first-order valence-corrected chi connectivity index (χ1v) is 9.34. The molecule has 1 aliphatic rings. The van der Waals surface area contributed by atoms with E-state index in [4.69, 9.17) is 89.9 Å². The van der Waals surface area contributed by atoms with Crippen molar-refractivity contribution in [1.29, 1.82) is 10.8 Å². The van der Waals surface area contributed by atoms with Gasteiger partial charge >= 0.3 is 0 Å². The van der Waals surface area contributed by atoms with Gasteiger partial charge in [0.15, 0.2) is 0 Å². The SMILES string of the molecule is N=C(OCC1(COC(=N)C(Cl)(Cl)Cl)CC1c1ccccc1)C(Cl)(Cl)Cl. The Morgan fingerprint density at radius 2 is 1.36 bits per heavy atom. The van der Waals surface area contributed by atoms with E-state index >= 15 is 0 Å². The molecule has 1 aromatic carbocycles. The number of hydrogen-bond acceptors (Lipinski definition) is 4. The van der Waals surface area contributed by atoms with Crippen molar-refractivity contribution in [3.8, 4) is 0 Å². The van der Waals surface area contributed by atoms with E-state index in [2.05, 4.69) is 0 Å². The number of nitrogens with one attached hydrogen (secondary N) is 2. The fraction of sp³-hybridized carbons (Fsp3) is 0.467. The van der Waals surface area contributed by atoms with Gasteiger partial charge in [-0.05, 0) is 17.9 Å². The van der Waals surface area contributed by atoms with Gasteiger partial charge in [-0.15, -0.1) is 0 Å². The fourth-order valence-corrected chi connectivity index (χ4v) is 2.79. The topological polar surface area (TPSA) is 66.2 Å². The zero-order chi connectivity index (χ0) is 18.9. The summed E-state index contributed by atoms with van der Waals surface area (Å²) in [5.41, 5.74) is 0.571. The molecule has 0 spiro atoms. The molecule has 0 saturated heterocycles. The lowest BCUT2D eigenvalue weighted by Gasteiger charge is -2.22. The first kappa shape index (κ1) is 21.2. The van der Waals surface area contributed by atoms with Gasteiger partial charge in [0.2, 0.25) is 11.8 Å². The molecule has 25 heavy (non-hydrogen) atoms. The van der Waals surface area contributed by atoms with Gasteiger partial charge in [-0.25, -0.2) is 0 Å². The highest BCUT2D eigenvalue weighted by Crippen LogP contribution is 2.60. The highest BCUT2D eigenvalue weighted by Gasteiger charge is 2.57. The molecule has 0 heterocycles. The molecule has 1 saturated carbocycles. The summed E-state index contributed by atoms with van der Waals surface area (Å²) in [6.07, 6.45) is 0.706. The van der Waals surface area contributed by atoms with E-state index in [1.165, 1.54) is 0 Å². The second kappa shape index (κ2) is 7.87. The molecule has 138 valence electrons. The summed E-state index contributed by atoms with van der Waals surface area (Å²) in [6.45, 7) is 0.152. The van der Waals surface area contributed by atoms with Crippen LogP contribution in [0.1, 0.15) is 17.9 Å². The van der Waals surface area contributed by atoms with E-state index in [9.17, 15) is 0 Å². The molecule has 4 nitrogen and oxygen atoms in total. The van der Waals surface area contributed by atoms with Crippen molar-refractivity contribution in [2.75, 3.05) is 13.2 Å². The number of rotatable bonds is 5. The summed E-state index contributed by atoms with van der Waals surface area (Å²) in [7, 11) is 0. The van der Waals surface area contributed by atoms with Gasteiger partial charge in [-0.2, -0.15) is 0 Å². The molecule has 2 rings (SSSR count). The van der Waals surface area contributed by atoms with E-state index in [1.54, 1.807) is 0 Å². The highest BCUT2D eigenvalue weighted by atomic mass is 35.6. The van der Waals surface area contributed by atoms with Gasteiger partial charge in [0.25, 0.3) is 7.59 Å². The molecule has 0 bridgehead atoms. The van der Waals surface area contributed by atoms with Gasteiger partial charge in [0.1, 0.15) is 0 Å². The van der Waals surface area contributed by atoms with E-state index in [0.29, 0.717) is 6.42 Å². The summed E-state index contributed by atoms with van der Waals surface area (Å²) >= 11 is 33.8. The molecule has 1 unspecified atom stereocenters. The number of ether oxygens (including phenoxy) is 2. The lowest BCUT2D eigenvalue weighted by molar-refractivity contribution is 0.138. The Kier molecular flexibility index (Phi) is 6.68. The monoisotopic (exact) mass is 464 g/mol. The first-order valence-electron chi connectivity index (χ1n) is 7.08. The van der Waals surface area contributed by atoms with Gasteiger partial charge in [-0.1, -0.05) is 99.9 Å². The molecular weight excluding hydrogens is 453 g/mol. The van der Waals surface area contributed by atoms with Crippen LogP contribution in [0.15, 0.2) is 30.3 Å². The van der Waals surface area contributed by atoms with Crippen molar-refractivity contribution in [3.05, 3.63) is 35.9 Å². The quantitative estimate of drug-likeness (QED) is 0.323. The smallest absolute Gasteiger partial charge is 0.265 e. The van der Waals surface area contributed by atoms with E-state index in [1.807, 2.05) is 30.3 Å². The summed E-state index contributed by atoms with van der Waals surface area (Å²) in [4.78, 5) is 0. The molecule has 1 aliphatic carbocycles. The van der Waals surface area contributed by atoms with Gasteiger partial charge < -0.3 is 9.47 Å². The second-order valence-corrected chi connectivity index (χ2v) is 10.3. The van der Waals surface area contributed by atoms with Crippen LogP contribution >= 0.6 is 69.6 Å². The third-order valence-electron chi connectivity index (χ3n) is 3.91. The number of hydrogen-bond donors (Lipinski definition) is 2. The van der Waals surface area contributed by atoms with Crippen LogP contribution < -0.4 is 0 Å². The largest absolute Gasteiger partial charge is 0.477 e. The zero-order valence-electron chi connectivity index (χ0n) is 12.7. The van der Waals surface area contributed by atoms with Crippen LogP contribution in [-0.2, 0) is 9.47 Å². The molecule has 0 aliphatic heterocycles. The molecule has 1 aromatic rings. The lowest BCUT2D eigenvalue weighted by Crippen LogP contribution is -2.30. The Morgan fingerprint density at radius 3 is 1.76 bits per heavy atom. The third kappa shape index (κ3) is 5.69. The molecule has 0 aromatic heterocycles. The predicted molar refractivity (Wildman–Crippen MR) is 104 cm³/mol. The predicted octanol–water partition coefficient (Wildman–Crippen LogP) is 5.89. The second-order valence-electron chi connectivity index (χ2n) is 5.76. The third-order valence-corrected chi connectivity index (χ3v) is 4.94. The molecule has 10 heteroatoms. The fourth-order valence-electron chi connectivity index (χ4n) is 2.46.